The molecule has 6 heteroatoms. The van der Waals surface area contributed by atoms with Gasteiger partial charge in [-0.05, 0) is 43.0 Å². The molecule has 0 saturated carbocycles. The summed E-state index contributed by atoms with van der Waals surface area (Å²) in [5.74, 6) is -1.08. The van der Waals surface area contributed by atoms with Crippen molar-refractivity contribution >= 4 is 29.5 Å². The van der Waals surface area contributed by atoms with Gasteiger partial charge in [-0.25, -0.2) is 0 Å². The quantitative estimate of drug-likeness (QED) is 0.601. The fraction of sp³-hybridized carbons (Fsp3) is 0.250. The topological polar surface area (TPSA) is 57.7 Å². The monoisotopic (exact) mass is 368 g/mol. The van der Waals surface area contributed by atoms with Gasteiger partial charge in [0.2, 0.25) is 5.91 Å². The van der Waals surface area contributed by atoms with E-state index >= 15 is 0 Å². The molecular formula is C20H20N2O3S. The van der Waals surface area contributed by atoms with E-state index in [-0.39, 0.29) is 12.5 Å². The molecule has 5 nitrogen and oxygen atoms in total. The summed E-state index contributed by atoms with van der Waals surface area (Å²) in [6.45, 7) is 2.04. The van der Waals surface area contributed by atoms with Gasteiger partial charge in [0.05, 0.1) is 11.1 Å². The maximum Gasteiger partial charge on any atom is 0.262 e. The van der Waals surface area contributed by atoms with Crippen molar-refractivity contribution in [2.75, 3.05) is 19.8 Å². The van der Waals surface area contributed by atoms with Crippen LogP contribution in [0.5, 0.6) is 0 Å². The highest BCUT2D eigenvalue weighted by Gasteiger charge is 2.37. The average Bonchev–Trinajstić information content (AvgIpc) is 2.86. The molecule has 0 spiro atoms. The van der Waals surface area contributed by atoms with Crippen LogP contribution in [0, 0.1) is 6.92 Å². The minimum atomic E-state index is -0.406. The lowest BCUT2D eigenvalue weighted by molar-refractivity contribution is -0.130. The van der Waals surface area contributed by atoms with Crippen molar-refractivity contribution in [2.45, 2.75) is 18.4 Å². The van der Waals surface area contributed by atoms with Crippen LogP contribution >= 0.6 is 11.8 Å². The Morgan fingerprint density at radius 1 is 1.04 bits per heavy atom. The molecule has 0 atom stereocenters. The highest BCUT2D eigenvalue weighted by atomic mass is 32.2. The number of hydrogen-bond donors (Lipinski definition) is 0. The molecule has 0 bridgehead atoms. The van der Waals surface area contributed by atoms with Gasteiger partial charge in [-0.1, -0.05) is 23.8 Å². The van der Waals surface area contributed by atoms with E-state index in [1.54, 1.807) is 37.0 Å². The highest BCUT2D eigenvalue weighted by molar-refractivity contribution is 7.98. The molecule has 0 fully saturated rings. The van der Waals surface area contributed by atoms with Crippen LogP contribution in [0.15, 0.2) is 47.4 Å². The van der Waals surface area contributed by atoms with Gasteiger partial charge in [0.15, 0.2) is 0 Å². The molecule has 0 unspecified atom stereocenters. The van der Waals surface area contributed by atoms with Crippen LogP contribution in [0.3, 0.4) is 0 Å². The van der Waals surface area contributed by atoms with Crippen LogP contribution in [-0.2, 0) is 11.3 Å². The van der Waals surface area contributed by atoms with Crippen LogP contribution in [0.1, 0.15) is 31.8 Å². The molecule has 26 heavy (non-hydrogen) atoms. The summed E-state index contributed by atoms with van der Waals surface area (Å²) in [6.07, 6.45) is 2.01. The molecule has 3 rings (SSSR count). The Balaban J connectivity index is 1.67. The van der Waals surface area contributed by atoms with Gasteiger partial charge in [0, 0.05) is 18.5 Å². The first kappa shape index (κ1) is 18.2. The summed E-state index contributed by atoms with van der Waals surface area (Å²) >= 11 is 1.66. The Morgan fingerprint density at radius 3 is 2.35 bits per heavy atom. The second-order valence-corrected chi connectivity index (χ2v) is 7.22. The van der Waals surface area contributed by atoms with Gasteiger partial charge in [-0.3, -0.25) is 19.3 Å². The van der Waals surface area contributed by atoms with Crippen LogP contribution < -0.4 is 0 Å². The second-order valence-electron chi connectivity index (χ2n) is 6.34. The van der Waals surface area contributed by atoms with Crippen LogP contribution in [0.2, 0.25) is 0 Å². The number of imide groups is 1. The number of fused-ring (bicyclic) bond motifs is 1. The molecule has 0 N–H and O–H groups in total. The van der Waals surface area contributed by atoms with Crippen molar-refractivity contribution in [1.29, 1.82) is 0 Å². The number of likely N-dealkylation sites (N-methyl/N-ethyl adjacent to an activating group) is 1. The van der Waals surface area contributed by atoms with E-state index in [9.17, 15) is 14.4 Å². The Bertz CT molecular complexity index is 877. The van der Waals surface area contributed by atoms with Gasteiger partial charge < -0.3 is 4.90 Å². The summed E-state index contributed by atoms with van der Waals surface area (Å²) in [7, 11) is 1.67. The normalized spacial score (nSPS) is 13.1. The van der Waals surface area contributed by atoms with Crippen molar-refractivity contribution in [3.8, 4) is 0 Å². The van der Waals surface area contributed by atoms with Crippen LogP contribution in [0.25, 0.3) is 0 Å². The van der Waals surface area contributed by atoms with E-state index in [1.807, 2.05) is 37.4 Å². The molecule has 0 aliphatic carbocycles. The molecular weight excluding hydrogens is 348 g/mol. The number of carbonyl (C=O) groups excluding carboxylic acids is 3. The zero-order chi connectivity index (χ0) is 18.8. The van der Waals surface area contributed by atoms with Crippen molar-refractivity contribution in [1.82, 2.24) is 9.80 Å². The molecule has 2 aromatic carbocycles. The lowest BCUT2D eigenvalue weighted by Crippen LogP contribution is -2.40. The number of amides is 3. The summed E-state index contributed by atoms with van der Waals surface area (Å²) in [4.78, 5) is 41.1. The smallest absolute Gasteiger partial charge is 0.262 e. The SMILES string of the molecule is CSc1ccc(CN(C)C(=O)CN2C(=O)c3ccc(C)cc3C2=O)cc1. The molecule has 134 valence electrons. The molecule has 2 aromatic rings. The Hall–Kier alpha value is -2.60. The maximum absolute atomic E-state index is 12.5. The second kappa shape index (κ2) is 7.33. The Kier molecular flexibility index (Phi) is 5.13. The van der Waals surface area contributed by atoms with E-state index in [4.69, 9.17) is 0 Å². The first-order valence-electron chi connectivity index (χ1n) is 8.24. The minimum Gasteiger partial charge on any atom is -0.340 e. The first-order chi connectivity index (χ1) is 12.4. The van der Waals surface area contributed by atoms with Crippen LogP contribution in [0.4, 0.5) is 0 Å². The Labute approximate surface area is 157 Å². The summed E-state index contributed by atoms with van der Waals surface area (Å²) < 4.78 is 0. The summed E-state index contributed by atoms with van der Waals surface area (Å²) in [5.41, 5.74) is 2.64. The zero-order valence-electron chi connectivity index (χ0n) is 15.0. The Morgan fingerprint density at radius 2 is 1.69 bits per heavy atom. The number of rotatable bonds is 5. The zero-order valence-corrected chi connectivity index (χ0v) is 15.8. The number of hydrogen-bond acceptors (Lipinski definition) is 4. The van der Waals surface area contributed by atoms with E-state index in [0.717, 1.165) is 20.9 Å². The van der Waals surface area contributed by atoms with E-state index in [2.05, 4.69) is 0 Å². The first-order valence-corrected chi connectivity index (χ1v) is 9.47. The maximum atomic E-state index is 12.5. The van der Waals surface area contributed by atoms with Crippen molar-refractivity contribution in [3.63, 3.8) is 0 Å². The lowest BCUT2D eigenvalue weighted by Gasteiger charge is -2.21. The molecule has 0 saturated heterocycles. The van der Waals surface area contributed by atoms with Gasteiger partial charge in [0.25, 0.3) is 11.8 Å². The molecule has 1 aliphatic heterocycles. The van der Waals surface area contributed by atoms with Crippen molar-refractivity contribution in [2.24, 2.45) is 0 Å². The van der Waals surface area contributed by atoms with Gasteiger partial charge in [-0.15, -0.1) is 11.8 Å². The number of thioether (sulfide) groups is 1. The van der Waals surface area contributed by atoms with Gasteiger partial charge in [0.1, 0.15) is 6.54 Å². The van der Waals surface area contributed by atoms with Crippen molar-refractivity contribution in [3.05, 3.63) is 64.7 Å². The molecule has 0 radical (unpaired) electrons. The lowest BCUT2D eigenvalue weighted by atomic mass is 10.1. The average molecular weight is 368 g/mol. The number of aryl methyl sites for hydroxylation is 1. The third-order valence-corrected chi connectivity index (χ3v) is 5.17. The number of nitrogens with zero attached hydrogens (tertiary/aromatic N) is 2. The van der Waals surface area contributed by atoms with E-state index < -0.39 is 11.8 Å². The highest BCUT2D eigenvalue weighted by Crippen LogP contribution is 2.24. The number of benzene rings is 2. The molecule has 3 amide bonds. The van der Waals surface area contributed by atoms with Gasteiger partial charge >= 0.3 is 0 Å². The molecule has 1 aliphatic rings. The largest absolute Gasteiger partial charge is 0.340 e. The standard InChI is InChI=1S/C20H20N2O3S/c1-13-4-9-16-17(10-13)20(25)22(19(16)24)12-18(23)21(2)11-14-5-7-15(26-3)8-6-14/h4-10H,11-12H2,1-3H3. The van der Waals surface area contributed by atoms with Gasteiger partial charge in [-0.2, -0.15) is 0 Å². The van der Waals surface area contributed by atoms with E-state index in [1.165, 1.54) is 4.90 Å². The number of carbonyl (C=O) groups is 3. The molecule has 0 aromatic heterocycles. The fourth-order valence-electron chi connectivity index (χ4n) is 2.90. The minimum absolute atomic E-state index is 0.245. The fourth-order valence-corrected chi connectivity index (χ4v) is 3.31. The van der Waals surface area contributed by atoms with Crippen LogP contribution in [-0.4, -0.2) is 47.4 Å². The van der Waals surface area contributed by atoms with Crippen molar-refractivity contribution < 1.29 is 14.4 Å². The third-order valence-electron chi connectivity index (χ3n) is 4.42. The predicted octanol–water partition coefficient (Wildman–Crippen LogP) is 2.97. The molecule has 1 heterocycles. The summed E-state index contributed by atoms with van der Waals surface area (Å²) in [6, 6.07) is 13.1. The van der Waals surface area contributed by atoms with E-state index in [0.29, 0.717) is 17.7 Å². The predicted molar refractivity (Wildman–Crippen MR) is 101 cm³/mol. The summed E-state index contributed by atoms with van der Waals surface area (Å²) in [5, 5.41) is 0. The third kappa shape index (κ3) is 3.51.